The first-order valence-corrected chi connectivity index (χ1v) is 6.87. The van der Waals surface area contributed by atoms with E-state index >= 15 is 0 Å². The summed E-state index contributed by atoms with van der Waals surface area (Å²) in [5, 5.41) is 0. The zero-order valence-electron chi connectivity index (χ0n) is 10.6. The lowest BCUT2D eigenvalue weighted by Gasteiger charge is -2.14. The first-order chi connectivity index (χ1) is 8.40. The van der Waals surface area contributed by atoms with Crippen LogP contribution < -0.4 is 5.73 Å². The quantitative estimate of drug-likeness (QED) is 0.776. The van der Waals surface area contributed by atoms with Crippen molar-refractivity contribution in [3.8, 4) is 0 Å². The Balaban J connectivity index is 2.11. The van der Waals surface area contributed by atoms with Crippen LogP contribution in [0.4, 0.5) is 0 Å². The molecule has 1 nitrogen and oxygen atoms in total. The molecule has 0 bridgehead atoms. The van der Waals surface area contributed by atoms with Gasteiger partial charge in [-0.2, -0.15) is 0 Å². The zero-order valence-corrected chi connectivity index (χ0v) is 10.6. The van der Waals surface area contributed by atoms with E-state index in [0.717, 1.165) is 5.92 Å². The van der Waals surface area contributed by atoms with Crippen LogP contribution in [0.5, 0.6) is 0 Å². The fourth-order valence-corrected chi connectivity index (χ4v) is 2.73. The van der Waals surface area contributed by atoms with Crippen molar-refractivity contribution >= 4 is 6.08 Å². The molecule has 17 heavy (non-hydrogen) atoms. The number of benzene rings is 1. The Morgan fingerprint density at radius 3 is 2.59 bits per heavy atom. The predicted octanol–water partition coefficient (Wildman–Crippen LogP) is 4.10. The minimum absolute atomic E-state index is 0.619. The molecule has 0 unspecified atom stereocenters. The Labute approximate surface area is 105 Å². The molecule has 92 valence electrons. The summed E-state index contributed by atoms with van der Waals surface area (Å²) in [5.74, 6) is 0.781. The molecule has 0 amide bonds. The van der Waals surface area contributed by atoms with Crippen molar-refractivity contribution in [2.24, 2.45) is 5.73 Å². The minimum Gasteiger partial charge on any atom is -0.327 e. The van der Waals surface area contributed by atoms with E-state index in [1.165, 1.54) is 49.7 Å². The van der Waals surface area contributed by atoms with Gasteiger partial charge in [-0.05, 0) is 29.9 Å². The summed E-state index contributed by atoms with van der Waals surface area (Å²) in [6, 6.07) is 8.96. The second-order valence-electron chi connectivity index (χ2n) is 5.00. The monoisotopic (exact) mass is 229 g/mol. The van der Waals surface area contributed by atoms with Gasteiger partial charge in [0.15, 0.2) is 0 Å². The maximum atomic E-state index is 5.49. The highest BCUT2D eigenvalue weighted by Crippen LogP contribution is 2.31. The van der Waals surface area contributed by atoms with Crippen LogP contribution in [-0.2, 0) is 0 Å². The van der Waals surface area contributed by atoms with Crippen LogP contribution in [0.15, 0.2) is 30.3 Å². The standard InChI is InChI=1S/C16H23N/c17-12-6-8-14-7-5-11-16(13-14)15-9-3-1-2-4-10-15/h5-8,11,13,15H,1-4,9-10,12,17H2/b8-6+. The Bertz CT molecular complexity index is 360. The number of nitrogens with two attached hydrogens (primary N) is 1. The molecule has 0 atom stereocenters. The molecule has 1 aromatic carbocycles. The molecule has 1 heteroatoms. The van der Waals surface area contributed by atoms with Gasteiger partial charge in [-0.25, -0.2) is 0 Å². The summed E-state index contributed by atoms with van der Waals surface area (Å²) in [5.41, 5.74) is 8.30. The topological polar surface area (TPSA) is 26.0 Å². The van der Waals surface area contributed by atoms with E-state index < -0.39 is 0 Å². The lowest BCUT2D eigenvalue weighted by molar-refractivity contribution is 0.592. The predicted molar refractivity (Wildman–Crippen MR) is 75.0 cm³/mol. The Hall–Kier alpha value is -1.08. The maximum absolute atomic E-state index is 5.49. The molecule has 2 rings (SSSR count). The Morgan fingerprint density at radius 1 is 1.12 bits per heavy atom. The van der Waals surface area contributed by atoms with Crippen molar-refractivity contribution in [2.75, 3.05) is 6.54 Å². The average Bonchev–Trinajstić information content (AvgIpc) is 2.65. The molecule has 0 saturated heterocycles. The van der Waals surface area contributed by atoms with Gasteiger partial charge in [-0.1, -0.05) is 62.1 Å². The van der Waals surface area contributed by atoms with Crippen molar-refractivity contribution in [3.63, 3.8) is 0 Å². The highest BCUT2D eigenvalue weighted by atomic mass is 14.5. The number of rotatable bonds is 3. The van der Waals surface area contributed by atoms with Crippen molar-refractivity contribution < 1.29 is 0 Å². The minimum atomic E-state index is 0.619. The Kier molecular flexibility index (Phi) is 4.81. The van der Waals surface area contributed by atoms with E-state index in [0.29, 0.717) is 6.54 Å². The van der Waals surface area contributed by atoms with Crippen LogP contribution in [0, 0.1) is 0 Å². The second kappa shape index (κ2) is 6.61. The van der Waals surface area contributed by atoms with Gasteiger partial charge in [-0.3, -0.25) is 0 Å². The first-order valence-electron chi connectivity index (χ1n) is 6.87. The van der Waals surface area contributed by atoms with Gasteiger partial charge in [0, 0.05) is 6.54 Å². The van der Waals surface area contributed by atoms with Gasteiger partial charge >= 0.3 is 0 Å². The Morgan fingerprint density at radius 2 is 1.88 bits per heavy atom. The number of hydrogen-bond donors (Lipinski definition) is 1. The van der Waals surface area contributed by atoms with Crippen molar-refractivity contribution in [3.05, 3.63) is 41.5 Å². The third-order valence-corrected chi connectivity index (χ3v) is 3.68. The molecule has 1 fully saturated rings. The van der Waals surface area contributed by atoms with E-state index in [2.05, 4.69) is 30.3 Å². The lowest BCUT2D eigenvalue weighted by atomic mass is 9.91. The summed E-state index contributed by atoms with van der Waals surface area (Å²) in [7, 11) is 0. The van der Waals surface area contributed by atoms with Crippen LogP contribution in [-0.4, -0.2) is 6.54 Å². The van der Waals surface area contributed by atoms with E-state index in [-0.39, 0.29) is 0 Å². The van der Waals surface area contributed by atoms with Gasteiger partial charge < -0.3 is 5.73 Å². The fourth-order valence-electron chi connectivity index (χ4n) is 2.73. The summed E-state index contributed by atoms with van der Waals surface area (Å²) < 4.78 is 0. The van der Waals surface area contributed by atoms with Crippen molar-refractivity contribution in [1.29, 1.82) is 0 Å². The van der Waals surface area contributed by atoms with E-state index in [9.17, 15) is 0 Å². The van der Waals surface area contributed by atoms with Crippen LogP contribution >= 0.6 is 0 Å². The molecule has 1 aliphatic rings. The normalized spacial score (nSPS) is 18.4. The summed E-state index contributed by atoms with van der Waals surface area (Å²) in [6.07, 6.45) is 12.5. The summed E-state index contributed by atoms with van der Waals surface area (Å²) >= 11 is 0. The van der Waals surface area contributed by atoms with E-state index in [1.807, 2.05) is 6.08 Å². The first kappa shape index (κ1) is 12.4. The van der Waals surface area contributed by atoms with Crippen LogP contribution in [0.1, 0.15) is 55.6 Å². The smallest absolute Gasteiger partial charge is 0.0110 e. The molecular formula is C16H23N. The van der Waals surface area contributed by atoms with Crippen LogP contribution in [0.3, 0.4) is 0 Å². The van der Waals surface area contributed by atoms with Gasteiger partial charge in [0.05, 0.1) is 0 Å². The molecule has 2 N–H and O–H groups in total. The lowest BCUT2D eigenvalue weighted by Crippen LogP contribution is -1.97. The molecule has 0 aromatic heterocycles. The van der Waals surface area contributed by atoms with Gasteiger partial charge in [0.25, 0.3) is 0 Å². The molecule has 1 saturated carbocycles. The third kappa shape index (κ3) is 3.71. The zero-order chi connectivity index (χ0) is 11.9. The molecule has 0 aliphatic heterocycles. The van der Waals surface area contributed by atoms with Crippen LogP contribution in [0.2, 0.25) is 0 Å². The molecule has 0 heterocycles. The van der Waals surface area contributed by atoms with Gasteiger partial charge in [-0.15, -0.1) is 0 Å². The van der Waals surface area contributed by atoms with Crippen molar-refractivity contribution in [1.82, 2.24) is 0 Å². The molecule has 1 aromatic rings. The van der Waals surface area contributed by atoms with Crippen molar-refractivity contribution in [2.45, 2.75) is 44.4 Å². The highest BCUT2D eigenvalue weighted by molar-refractivity contribution is 5.50. The van der Waals surface area contributed by atoms with E-state index in [1.54, 1.807) is 0 Å². The van der Waals surface area contributed by atoms with Gasteiger partial charge in [0.1, 0.15) is 0 Å². The fraction of sp³-hybridized carbons (Fsp3) is 0.500. The molecular weight excluding hydrogens is 206 g/mol. The van der Waals surface area contributed by atoms with Gasteiger partial charge in [0.2, 0.25) is 0 Å². The molecule has 0 radical (unpaired) electrons. The highest BCUT2D eigenvalue weighted by Gasteiger charge is 2.13. The van der Waals surface area contributed by atoms with E-state index in [4.69, 9.17) is 5.73 Å². The third-order valence-electron chi connectivity index (χ3n) is 3.68. The van der Waals surface area contributed by atoms with Crippen LogP contribution in [0.25, 0.3) is 6.08 Å². The maximum Gasteiger partial charge on any atom is 0.0110 e. The second-order valence-corrected chi connectivity index (χ2v) is 5.00. The largest absolute Gasteiger partial charge is 0.327 e. The summed E-state index contributed by atoms with van der Waals surface area (Å²) in [6.45, 7) is 0.619. The number of hydrogen-bond acceptors (Lipinski definition) is 1. The molecule has 0 spiro atoms. The SMILES string of the molecule is NC/C=C/c1cccc(C2CCCCCC2)c1. The average molecular weight is 229 g/mol. The summed E-state index contributed by atoms with van der Waals surface area (Å²) in [4.78, 5) is 0. The molecule has 1 aliphatic carbocycles.